The number of benzene rings is 2. The third-order valence-corrected chi connectivity index (χ3v) is 3.44. The summed E-state index contributed by atoms with van der Waals surface area (Å²) in [4.78, 5) is 14.2. The molecule has 0 aliphatic heterocycles. The van der Waals surface area contributed by atoms with Crippen molar-refractivity contribution < 1.29 is 9.18 Å². The molecular weight excluding hydrogens is 265 g/mol. The van der Waals surface area contributed by atoms with Gasteiger partial charge in [-0.15, -0.1) is 0 Å². The molecule has 0 amide bonds. The number of hydrogen-bond donors (Lipinski definition) is 0. The maximum absolute atomic E-state index is 13.2. The second-order valence-electron chi connectivity index (χ2n) is 5.54. The summed E-state index contributed by atoms with van der Waals surface area (Å²) in [6.45, 7) is 4.83. The summed E-state index contributed by atoms with van der Waals surface area (Å²) < 4.78 is 13.2. The largest absolute Gasteiger partial charge is 0.295 e. The van der Waals surface area contributed by atoms with Crippen LogP contribution in [-0.4, -0.2) is 24.3 Å². The number of aryl methyl sites for hydroxylation is 2. The minimum atomic E-state index is -0.249. The molecule has 2 aromatic carbocycles. The molecule has 0 aliphatic carbocycles. The Hall–Kier alpha value is -2.00. The lowest BCUT2D eigenvalue weighted by Gasteiger charge is -2.16. The van der Waals surface area contributed by atoms with Crippen molar-refractivity contribution in [3.63, 3.8) is 0 Å². The Balaban J connectivity index is 2.02. The van der Waals surface area contributed by atoms with Crippen molar-refractivity contribution in [1.82, 2.24) is 4.90 Å². The first kappa shape index (κ1) is 15.4. The Morgan fingerprint density at radius 3 is 2.57 bits per heavy atom. The van der Waals surface area contributed by atoms with Crippen molar-refractivity contribution in [2.75, 3.05) is 13.6 Å². The fourth-order valence-electron chi connectivity index (χ4n) is 2.46. The molecule has 2 rings (SSSR count). The predicted molar refractivity (Wildman–Crippen MR) is 83.0 cm³/mol. The summed E-state index contributed by atoms with van der Waals surface area (Å²) in [5.74, 6) is -0.159. The van der Waals surface area contributed by atoms with Crippen LogP contribution in [0.2, 0.25) is 0 Å². The molecule has 0 radical (unpaired) electrons. The highest BCUT2D eigenvalue weighted by atomic mass is 19.1. The van der Waals surface area contributed by atoms with Crippen LogP contribution in [0.1, 0.15) is 27.0 Å². The van der Waals surface area contributed by atoms with E-state index in [1.807, 2.05) is 50.1 Å². The molecule has 21 heavy (non-hydrogen) atoms. The molecule has 0 unspecified atom stereocenters. The van der Waals surface area contributed by atoms with Crippen molar-refractivity contribution >= 4 is 5.78 Å². The second kappa shape index (κ2) is 6.64. The van der Waals surface area contributed by atoms with Gasteiger partial charge in [0.2, 0.25) is 0 Å². The molecule has 0 spiro atoms. The number of Topliss-reactive ketones (excluding diaryl/α,β-unsaturated/α-hetero) is 1. The second-order valence-corrected chi connectivity index (χ2v) is 5.54. The van der Waals surface area contributed by atoms with Crippen LogP contribution in [0.5, 0.6) is 0 Å². The van der Waals surface area contributed by atoms with Crippen LogP contribution in [0, 0.1) is 19.7 Å². The van der Waals surface area contributed by atoms with E-state index in [0.717, 1.165) is 22.3 Å². The summed E-state index contributed by atoms with van der Waals surface area (Å²) in [5, 5.41) is 0. The van der Waals surface area contributed by atoms with E-state index in [1.165, 1.54) is 12.1 Å². The summed E-state index contributed by atoms with van der Waals surface area (Å²) >= 11 is 0. The zero-order valence-electron chi connectivity index (χ0n) is 12.7. The van der Waals surface area contributed by atoms with Crippen molar-refractivity contribution in [1.29, 1.82) is 0 Å². The quantitative estimate of drug-likeness (QED) is 0.780. The van der Waals surface area contributed by atoms with Gasteiger partial charge in [-0.2, -0.15) is 0 Å². The van der Waals surface area contributed by atoms with E-state index in [4.69, 9.17) is 0 Å². The average Bonchev–Trinajstić information content (AvgIpc) is 2.38. The lowest BCUT2D eigenvalue weighted by atomic mass is 10.0. The number of nitrogens with zero attached hydrogens (tertiary/aromatic N) is 1. The molecule has 0 aliphatic rings. The molecule has 0 N–H and O–H groups in total. The first-order chi connectivity index (χ1) is 9.95. The monoisotopic (exact) mass is 285 g/mol. The smallest absolute Gasteiger partial charge is 0.177 e. The lowest BCUT2D eigenvalue weighted by molar-refractivity contribution is 0.0942. The normalized spacial score (nSPS) is 10.9. The van der Waals surface area contributed by atoms with E-state index in [-0.39, 0.29) is 11.6 Å². The summed E-state index contributed by atoms with van der Waals surface area (Å²) in [7, 11) is 1.87. The van der Waals surface area contributed by atoms with Crippen molar-refractivity contribution in [2.45, 2.75) is 20.4 Å². The Labute approximate surface area is 125 Å². The predicted octanol–water partition coefficient (Wildman–Crippen LogP) is 3.76. The molecule has 2 aromatic rings. The van der Waals surface area contributed by atoms with Gasteiger partial charge in [-0.3, -0.25) is 9.69 Å². The van der Waals surface area contributed by atoms with Gasteiger partial charge in [-0.25, -0.2) is 4.39 Å². The molecule has 0 fully saturated rings. The van der Waals surface area contributed by atoms with Gasteiger partial charge in [-0.05, 0) is 44.2 Å². The average molecular weight is 285 g/mol. The van der Waals surface area contributed by atoms with E-state index in [1.54, 1.807) is 6.07 Å². The Morgan fingerprint density at radius 1 is 1.14 bits per heavy atom. The van der Waals surface area contributed by atoms with Crippen LogP contribution in [0.15, 0.2) is 42.5 Å². The van der Waals surface area contributed by atoms with Crippen LogP contribution in [0.4, 0.5) is 4.39 Å². The molecule has 3 heteroatoms. The van der Waals surface area contributed by atoms with Crippen LogP contribution in [0.25, 0.3) is 0 Å². The van der Waals surface area contributed by atoms with Crippen LogP contribution >= 0.6 is 0 Å². The molecule has 0 aromatic heterocycles. The maximum atomic E-state index is 13.2. The van der Waals surface area contributed by atoms with Gasteiger partial charge < -0.3 is 0 Å². The Kier molecular flexibility index (Phi) is 4.86. The van der Waals surface area contributed by atoms with Crippen molar-refractivity contribution in [3.8, 4) is 0 Å². The number of rotatable bonds is 5. The van der Waals surface area contributed by atoms with Crippen LogP contribution in [-0.2, 0) is 6.54 Å². The first-order valence-electron chi connectivity index (χ1n) is 6.99. The SMILES string of the molecule is Cc1ccc(C(=O)CN(C)Cc2cccc(F)c2)c(C)c1. The molecule has 2 nitrogen and oxygen atoms in total. The number of halogens is 1. The summed E-state index contributed by atoms with van der Waals surface area (Å²) in [5.41, 5.74) is 3.77. The van der Waals surface area contributed by atoms with Crippen molar-refractivity contribution in [3.05, 3.63) is 70.5 Å². The van der Waals surface area contributed by atoms with E-state index in [2.05, 4.69) is 0 Å². The van der Waals surface area contributed by atoms with Gasteiger partial charge in [0.25, 0.3) is 0 Å². The van der Waals surface area contributed by atoms with E-state index in [9.17, 15) is 9.18 Å². The molecule has 0 saturated carbocycles. The molecule has 0 heterocycles. The minimum Gasteiger partial charge on any atom is -0.295 e. The molecule has 0 atom stereocenters. The van der Waals surface area contributed by atoms with E-state index < -0.39 is 0 Å². The van der Waals surface area contributed by atoms with E-state index >= 15 is 0 Å². The number of hydrogen-bond acceptors (Lipinski definition) is 2. The highest BCUT2D eigenvalue weighted by molar-refractivity contribution is 5.98. The highest BCUT2D eigenvalue weighted by Crippen LogP contribution is 2.13. The number of carbonyl (C=O) groups excluding carboxylic acids is 1. The van der Waals surface area contributed by atoms with Gasteiger partial charge in [0.1, 0.15) is 5.82 Å². The van der Waals surface area contributed by atoms with Crippen LogP contribution < -0.4 is 0 Å². The third kappa shape index (κ3) is 4.23. The van der Waals surface area contributed by atoms with Gasteiger partial charge >= 0.3 is 0 Å². The topological polar surface area (TPSA) is 20.3 Å². The molecule has 110 valence electrons. The molecule has 0 saturated heterocycles. The fourth-order valence-corrected chi connectivity index (χ4v) is 2.46. The van der Waals surface area contributed by atoms with Crippen LogP contribution in [0.3, 0.4) is 0 Å². The number of likely N-dealkylation sites (N-methyl/N-ethyl adjacent to an activating group) is 1. The minimum absolute atomic E-state index is 0.0893. The standard InChI is InChI=1S/C18H20FNO/c1-13-7-8-17(14(2)9-13)18(21)12-20(3)11-15-5-4-6-16(19)10-15/h4-10H,11-12H2,1-3H3. The van der Waals surface area contributed by atoms with Gasteiger partial charge in [0.05, 0.1) is 6.54 Å². The summed E-state index contributed by atoms with van der Waals surface area (Å²) in [6, 6.07) is 12.3. The molecular formula is C18H20FNO. The first-order valence-corrected chi connectivity index (χ1v) is 6.99. The molecule has 0 bridgehead atoms. The van der Waals surface area contributed by atoms with E-state index in [0.29, 0.717) is 13.1 Å². The zero-order chi connectivity index (χ0) is 15.4. The lowest BCUT2D eigenvalue weighted by Crippen LogP contribution is -2.26. The fraction of sp³-hybridized carbons (Fsp3) is 0.278. The Bertz CT molecular complexity index is 651. The van der Waals surface area contributed by atoms with Gasteiger partial charge in [-0.1, -0.05) is 35.9 Å². The number of ketones is 1. The zero-order valence-corrected chi connectivity index (χ0v) is 12.7. The highest BCUT2D eigenvalue weighted by Gasteiger charge is 2.12. The Morgan fingerprint density at radius 2 is 1.90 bits per heavy atom. The maximum Gasteiger partial charge on any atom is 0.177 e. The number of carbonyl (C=O) groups is 1. The van der Waals surface area contributed by atoms with Gasteiger partial charge in [0.15, 0.2) is 5.78 Å². The third-order valence-electron chi connectivity index (χ3n) is 3.44. The van der Waals surface area contributed by atoms with Crippen molar-refractivity contribution in [2.24, 2.45) is 0 Å². The van der Waals surface area contributed by atoms with Gasteiger partial charge in [0, 0.05) is 12.1 Å². The summed E-state index contributed by atoms with van der Waals surface area (Å²) in [6.07, 6.45) is 0.